The molecule has 34 heavy (non-hydrogen) atoms. The number of alkyl halides is 1. The molecule has 0 bridgehead atoms. The summed E-state index contributed by atoms with van der Waals surface area (Å²) >= 11 is 0. The maximum atomic E-state index is 16.2. The van der Waals surface area contributed by atoms with Crippen LogP contribution in [0.5, 0.6) is 11.6 Å². The van der Waals surface area contributed by atoms with Crippen LogP contribution in [0, 0.1) is 5.82 Å². The quantitative estimate of drug-likeness (QED) is 0.600. The van der Waals surface area contributed by atoms with Crippen molar-refractivity contribution in [2.24, 2.45) is 0 Å². The fourth-order valence-corrected chi connectivity index (χ4v) is 5.16. The fraction of sp³-hybridized carbons (Fsp3) is 0.478. The van der Waals surface area contributed by atoms with Crippen molar-refractivity contribution in [1.29, 1.82) is 0 Å². The van der Waals surface area contributed by atoms with Gasteiger partial charge in [0, 0.05) is 31.3 Å². The average molecular weight is 470 g/mol. The van der Waals surface area contributed by atoms with Crippen LogP contribution in [0.1, 0.15) is 24.1 Å². The van der Waals surface area contributed by atoms with Crippen molar-refractivity contribution in [3.05, 3.63) is 51.8 Å². The molecule has 178 valence electrons. The molecule has 1 fully saturated rings. The Labute approximate surface area is 193 Å². The normalized spacial score (nSPS) is 22.4. The summed E-state index contributed by atoms with van der Waals surface area (Å²) in [6.07, 6.45) is 2.67. The van der Waals surface area contributed by atoms with Crippen LogP contribution >= 0.6 is 0 Å². The van der Waals surface area contributed by atoms with Crippen LogP contribution in [-0.4, -0.2) is 63.5 Å². The first-order valence-corrected chi connectivity index (χ1v) is 11.5. The number of fused-ring (bicyclic) bond motifs is 1. The van der Waals surface area contributed by atoms with E-state index in [1.807, 2.05) is 11.0 Å². The van der Waals surface area contributed by atoms with Gasteiger partial charge in [0.15, 0.2) is 11.4 Å². The monoisotopic (exact) mass is 470 g/mol. The summed E-state index contributed by atoms with van der Waals surface area (Å²) in [4.78, 5) is 18.3. The minimum Gasteiger partial charge on any atom is -0.484 e. The van der Waals surface area contributed by atoms with Crippen LogP contribution in [0.4, 0.5) is 8.78 Å². The molecule has 6 heterocycles. The smallest absolute Gasteiger partial charge is 0.276 e. The van der Waals surface area contributed by atoms with Crippen LogP contribution in [-0.2, 0) is 18.8 Å². The van der Waals surface area contributed by atoms with E-state index < -0.39 is 11.5 Å². The van der Waals surface area contributed by atoms with Crippen molar-refractivity contribution in [1.82, 2.24) is 30.0 Å². The summed E-state index contributed by atoms with van der Waals surface area (Å²) in [5.41, 5.74) is -0.896. The largest absolute Gasteiger partial charge is 0.484 e. The Balaban J connectivity index is 1.09. The van der Waals surface area contributed by atoms with E-state index in [2.05, 4.69) is 20.5 Å². The third-order valence-corrected chi connectivity index (χ3v) is 6.80. The molecule has 0 amide bonds. The van der Waals surface area contributed by atoms with E-state index in [4.69, 9.17) is 9.47 Å². The lowest BCUT2D eigenvalue weighted by Gasteiger charge is -2.36. The maximum absolute atomic E-state index is 16.2. The van der Waals surface area contributed by atoms with Gasteiger partial charge in [-0.05, 0) is 32.0 Å². The number of nitrogens with zero attached hydrogens (tertiary/aromatic N) is 5. The SMILES string of the molecule is O=c1ccc2ncc(F)c3c2n1C[C@@]3(F)CN1CCC(NCc2cc3c(nn2)OCCO3)CC1. The third kappa shape index (κ3) is 3.68. The molecule has 0 spiro atoms. The van der Waals surface area contributed by atoms with Crippen molar-refractivity contribution in [2.75, 3.05) is 32.8 Å². The van der Waals surface area contributed by atoms with Gasteiger partial charge in [-0.3, -0.25) is 14.7 Å². The van der Waals surface area contributed by atoms with Gasteiger partial charge in [0.2, 0.25) is 0 Å². The lowest BCUT2D eigenvalue weighted by Crippen LogP contribution is -2.47. The van der Waals surface area contributed by atoms with Crippen molar-refractivity contribution in [3.63, 3.8) is 0 Å². The lowest BCUT2D eigenvalue weighted by atomic mass is 9.95. The summed E-state index contributed by atoms with van der Waals surface area (Å²) in [7, 11) is 0. The summed E-state index contributed by atoms with van der Waals surface area (Å²) in [5.74, 6) is 0.321. The summed E-state index contributed by atoms with van der Waals surface area (Å²) < 4.78 is 43.1. The minimum absolute atomic E-state index is 0.0323. The number of aromatic nitrogens is 4. The van der Waals surface area contributed by atoms with Gasteiger partial charge in [-0.15, -0.1) is 5.10 Å². The number of hydrogen-bond acceptors (Lipinski definition) is 8. The van der Waals surface area contributed by atoms with E-state index in [9.17, 15) is 9.18 Å². The van der Waals surface area contributed by atoms with Crippen molar-refractivity contribution in [2.45, 2.75) is 37.6 Å². The Morgan fingerprint density at radius 3 is 2.85 bits per heavy atom. The molecule has 3 aromatic heterocycles. The molecule has 0 radical (unpaired) electrons. The van der Waals surface area contributed by atoms with Gasteiger partial charge >= 0.3 is 0 Å². The average Bonchev–Trinajstić information content (AvgIpc) is 3.17. The van der Waals surface area contributed by atoms with Gasteiger partial charge in [-0.1, -0.05) is 0 Å². The molecular formula is C23H24F2N6O3. The lowest BCUT2D eigenvalue weighted by molar-refractivity contribution is 0.0636. The van der Waals surface area contributed by atoms with E-state index in [0.717, 1.165) is 24.7 Å². The zero-order chi connectivity index (χ0) is 23.3. The standard InChI is InChI=1S/C23H24F2N6O3/c24-16-11-27-17-1-2-19(32)31-13-23(25,20(16)21(17)31)12-30-5-3-14(4-6-30)26-10-15-9-18-22(29-28-15)34-8-7-33-18/h1-2,9,11,14,26H,3-8,10,12-13H2/t23-/m0/s1. The Kier molecular flexibility index (Phi) is 5.18. The molecule has 3 aliphatic rings. The minimum atomic E-state index is -1.97. The Morgan fingerprint density at radius 2 is 2.00 bits per heavy atom. The van der Waals surface area contributed by atoms with Crippen LogP contribution < -0.4 is 20.3 Å². The molecule has 1 atom stereocenters. The van der Waals surface area contributed by atoms with Gasteiger partial charge in [-0.2, -0.15) is 5.10 Å². The molecule has 0 aromatic carbocycles. The van der Waals surface area contributed by atoms with Gasteiger partial charge < -0.3 is 19.4 Å². The first kappa shape index (κ1) is 21.4. The summed E-state index contributed by atoms with van der Waals surface area (Å²) in [6.45, 7) is 2.68. The van der Waals surface area contributed by atoms with Crippen molar-refractivity contribution < 1.29 is 18.3 Å². The second-order valence-corrected chi connectivity index (χ2v) is 9.07. The molecule has 6 rings (SSSR count). The number of nitrogens with one attached hydrogen (secondary N) is 1. The molecule has 9 nitrogen and oxygen atoms in total. The fourth-order valence-electron chi connectivity index (χ4n) is 5.16. The maximum Gasteiger partial charge on any atom is 0.276 e. The molecule has 0 saturated carbocycles. The second kappa shape index (κ2) is 8.24. The van der Waals surface area contributed by atoms with Gasteiger partial charge in [0.1, 0.15) is 19.0 Å². The molecule has 1 saturated heterocycles. The zero-order valence-corrected chi connectivity index (χ0v) is 18.5. The highest BCUT2D eigenvalue weighted by Gasteiger charge is 2.45. The molecular weight excluding hydrogens is 446 g/mol. The van der Waals surface area contributed by atoms with Crippen LogP contribution in [0.3, 0.4) is 0 Å². The molecule has 3 aromatic rings. The predicted molar refractivity (Wildman–Crippen MR) is 118 cm³/mol. The molecule has 0 unspecified atom stereocenters. The number of ether oxygens (including phenoxy) is 2. The highest BCUT2D eigenvalue weighted by atomic mass is 19.1. The number of pyridine rings is 2. The predicted octanol–water partition coefficient (Wildman–Crippen LogP) is 1.53. The molecule has 3 aliphatic heterocycles. The number of likely N-dealkylation sites (tertiary alicyclic amines) is 1. The number of piperidine rings is 1. The molecule has 0 aliphatic carbocycles. The van der Waals surface area contributed by atoms with Crippen molar-refractivity contribution >= 4 is 11.0 Å². The number of rotatable bonds is 5. The van der Waals surface area contributed by atoms with E-state index >= 15 is 4.39 Å². The van der Waals surface area contributed by atoms with E-state index in [1.54, 1.807) is 0 Å². The highest BCUT2D eigenvalue weighted by Crippen LogP contribution is 2.41. The molecule has 1 N–H and O–H groups in total. The molecule has 11 heteroatoms. The van der Waals surface area contributed by atoms with Gasteiger partial charge in [-0.25, -0.2) is 8.78 Å². The van der Waals surface area contributed by atoms with Gasteiger partial charge in [0.25, 0.3) is 11.4 Å². The summed E-state index contributed by atoms with van der Waals surface area (Å²) in [5, 5.41) is 11.7. The van der Waals surface area contributed by atoms with E-state index in [-0.39, 0.29) is 35.8 Å². The van der Waals surface area contributed by atoms with Crippen LogP contribution in [0.15, 0.2) is 29.2 Å². The number of halogens is 2. The van der Waals surface area contributed by atoms with Crippen molar-refractivity contribution in [3.8, 4) is 11.6 Å². The van der Waals surface area contributed by atoms with Gasteiger partial charge in [0.05, 0.1) is 35.0 Å². The van der Waals surface area contributed by atoms with E-state index in [0.29, 0.717) is 50.0 Å². The first-order chi connectivity index (χ1) is 16.5. The number of hydrogen-bond donors (Lipinski definition) is 1. The third-order valence-electron chi connectivity index (χ3n) is 6.80. The first-order valence-electron chi connectivity index (χ1n) is 11.5. The van der Waals surface area contributed by atoms with Crippen LogP contribution in [0.2, 0.25) is 0 Å². The summed E-state index contributed by atoms with van der Waals surface area (Å²) in [6, 6.07) is 4.95. The van der Waals surface area contributed by atoms with Crippen LogP contribution in [0.25, 0.3) is 11.0 Å². The van der Waals surface area contributed by atoms with E-state index in [1.165, 1.54) is 16.7 Å². The highest BCUT2D eigenvalue weighted by molar-refractivity contribution is 5.81. The Bertz CT molecular complexity index is 1310. The topological polar surface area (TPSA) is 94.4 Å². The Morgan fingerprint density at radius 1 is 1.18 bits per heavy atom. The Hall–Kier alpha value is -3.18. The zero-order valence-electron chi connectivity index (χ0n) is 18.5. The second-order valence-electron chi connectivity index (χ2n) is 9.07.